The van der Waals surface area contributed by atoms with Crippen molar-refractivity contribution in [1.29, 1.82) is 0 Å². The van der Waals surface area contributed by atoms with Crippen LogP contribution in [-0.2, 0) is 6.54 Å². The molecule has 0 bridgehead atoms. The van der Waals surface area contributed by atoms with E-state index in [4.69, 9.17) is 11.6 Å². The van der Waals surface area contributed by atoms with Gasteiger partial charge in [0.05, 0.1) is 12.2 Å². The van der Waals surface area contributed by atoms with Gasteiger partial charge in [-0.1, -0.05) is 11.6 Å². The molecule has 0 saturated carbocycles. The van der Waals surface area contributed by atoms with Gasteiger partial charge in [-0.05, 0) is 78.7 Å². The number of pyridine rings is 1. The van der Waals surface area contributed by atoms with Crippen LogP contribution < -0.4 is 5.32 Å². The lowest BCUT2D eigenvalue weighted by molar-refractivity contribution is 1.03. The van der Waals surface area contributed by atoms with Gasteiger partial charge in [0.15, 0.2) is 0 Å². The van der Waals surface area contributed by atoms with E-state index in [1.165, 1.54) is 0 Å². The quantitative estimate of drug-likeness (QED) is 0.563. The van der Waals surface area contributed by atoms with Crippen molar-refractivity contribution in [2.24, 2.45) is 0 Å². The molecule has 2 aromatic rings. The molecule has 2 rings (SSSR count). The first kappa shape index (κ1) is 14.6. The zero-order valence-electron chi connectivity index (χ0n) is 9.05. The van der Waals surface area contributed by atoms with E-state index in [2.05, 4.69) is 64.8 Å². The van der Waals surface area contributed by atoms with E-state index in [1.807, 2.05) is 24.3 Å². The average Bonchev–Trinajstić information content (AvgIpc) is 2.30. The second kappa shape index (κ2) is 6.54. The number of hydrogen-bond donors (Lipinski definition) is 1. The number of benzene rings is 1. The normalized spacial score (nSPS) is 10.4. The highest BCUT2D eigenvalue weighted by Gasteiger charge is 2.04. The van der Waals surface area contributed by atoms with Gasteiger partial charge < -0.3 is 5.32 Å². The zero-order chi connectivity index (χ0) is 13.1. The van der Waals surface area contributed by atoms with Crippen LogP contribution in [0, 0.1) is 3.57 Å². The van der Waals surface area contributed by atoms with Crippen LogP contribution in [0.2, 0.25) is 5.02 Å². The summed E-state index contributed by atoms with van der Waals surface area (Å²) in [6.45, 7) is 0.658. The zero-order valence-corrected chi connectivity index (χ0v) is 15.1. The predicted octanol–water partition coefficient (Wildman–Crippen LogP) is 5.48. The third kappa shape index (κ3) is 3.82. The molecule has 0 amide bonds. The number of aromatic nitrogens is 1. The van der Waals surface area contributed by atoms with Crippen LogP contribution in [0.3, 0.4) is 0 Å². The monoisotopic (exact) mass is 500 g/mol. The van der Waals surface area contributed by atoms with E-state index < -0.39 is 0 Å². The molecule has 0 saturated heterocycles. The van der Waals surface area contributed by atoms with Crippen molar-refractivity contribution in [3.05, 3.63) is 53.7 Å². The van der Waals surface area contributed by atoms with Crippen molar-refractivity contribution in [1.82, 2.24) is 4.98 Å². The first-order valence-electron chi connectivity index (χ1n) is 5.05. The fraction of sp³-hybridized carbons (Fsp3) is 0.0833. The van der Waals surface area contributed by atoms with Gasteiger partial charge in [-0.2, -0.15) is 0 Å². The fourth-order valence-corrected chi connectivity index (χ4v) is 3.57. The van der Waals surface area contributed by atoms with E-state index in [0.717, 1.165) is 28.9 Å². The topological polar surface area (TPSA) is 24.9 Å². The molecular formula is C12H8Br2ClIN2. The molecule has 0 fully saturated rings. The number of anilines is 1. The number of halogens is 4. The summed E-state index contributed by atoms with van der Waals surface area (Å²) in [7, 11) is 0. The third-order valence-electron chi connectivity index (χ3n) is 2.26. The largest absolute Gasteiger partial charge is 0.378 e. The van der Waals surface area contributed by atoms with Crippen LogP contribution in [0.15, 0.2) is 39.4 Å². The maximum absolute atomic E-state index is 5.92. The highest BCUT2D eigenvalue weighted by Crippen LogP contribution is 2.24. The molecule has 1 heterocycles. The summed E-state index contributed by atoms with van der Waals surface area (Å²) in [6, 6.07) is 7.75. The van der Waals surface area contributed by atoms with E-state index >= 15 is 0 Å². The maximum Gasteiger partial charge on any atom is 0.0737 e. The average molecular weight is 502 g/mol. The summed E-state index contributed by atoms with van der Waals surface area (Å²) in [5, 5.41) is 4.09. The van der Waals surface area contributed by atoms with Gasteiger partial charge in [0.2, 0.25) is 0 Å². The Morgan fingerprint density at radius 2 is 2.06 bits per heavy atom. The molecule has 0 aliphatic rings. The Balaban J connectivity index is 2.11. The molecule has 1 aromatic heterocycles. The Labute approximate surface area is 141 Å². The SMILES string of the molecule is Clc1ccc(NCc2ncc(Br)cc2Br)c(I)c1. The summed E-state index contributed by atoms with van der Waals surface area (Å²) < 4.78 is 3.03. The number of nitrogens with zero attached hydrogens (tertiary/aromatic N) is 1. The van der Waals surface area contributed by atoms with Gasteiger partial charge in [-0.25, -0.2) is 0 Å². The molecule has 1 aromatic carbocycles. The van der Waals surface area contributed by atoms with Gasteiger partial charge in [0.25, 0.3) is 0 Å². The molecule has 6 heteroatoms. The Bertz CT molecular complexity index is 526. The van der Waals surface area contributed by atoms with Crippen LogP contribution in [0.25, 0.3) is 0 Å². The van der Waals surface area contributed by atoms with E-state index in [0.29, 0.717) is 6.54 Å². The molecule has 0 spiro atoms. The number of nitrogens with one attached hydrogen (secondary N) is 1. The molecule has 0 radical (unpaired) electrons. The molecule has 18 heavy (non-hydrogen) atoms. The number of rotatable bonds is 3. The molecule has 0 aliphatic heterocycles. The van der Waals surface area contributed by atoms with Crippen molar-refractivity contribution in [2.75, 3.05) is 5.32 Å². The maximum atomic E-state index is 5.92. The van der Waals surface area contributed by atoms with E-state index in [-0.39, 0.29) is 0 Å². The lowest BCUT2D eigenvalue weighted by Crippen LogP contribution is -2.03. The standard InChI is InChI=1S/C12H8Br2ClIN2/c13-7-3-9(14)12(17-5-7)6-18-11-2-1-8(15)4-10(11)16/h1-5,18H,6H2. The minimum atomic E-state index is 0.658. The second-order valence-corrected chi connectivity index (χ2v) is 6.93. The Kier molecular flexibility index (Phi) is 5.29. The second-order valence-electron chi connectivity index (χ2n) is 3.56. The van der Waals surface area contributed by atoms with E-state index in [1.54, 1.807) is 6.20 Å². The summed E-state index contributed by atoms with van der Waals surface area (Å²) >= 11 is 15.1. The van der Waals surface area contributed by atoms with Crippen molar-refractivity contribution < 1.29 is 0 Å². The first-order chi connectivity index (χ1) is 8.56. The Morgan fingerprint density at radius 3 is 2.72 bits per heavy atom. The van der Waals surface area contributed by atoms with E-state index in [9.17, 15) is 0 Å². The molecule has 0 aliphatic carbocycles. The predicted molar refractivity (Wildman–Crippen MR) is 91.1 cm³/mol. The van der Waals surface area contributed by atoms with Crippen LogP contribution >= 0.6 is 66.1 Å². The van der Waals surface area contributed by atoms with Crippen molar-refractivity contribution in [2.45, 2.75) is 6.54 Å². The van der Waals surface area contributed by atoms with Crippen LogP contribution in [0.4, 0.5) is 5.69 Å². The Morgan fingerprint density at radius 1 is 1.28 bits per heavy atom. The number of hydrogen-bond acceptors (Lipinski definition) is 2. The van der Waals surface area contributed by atoms with Gasteiger partial charge in [0, 0.05) is 29.4 Å². The third-order valence-corrected chi connectivity index (χ3v) is 4.51. The minimum absolute atomic E-state index is 0.658. The lowest BCUT2D eigenvalue weighted by atomic mass is 10.3. The van der Waals surface area contributed by atoms with Gasteiger partial charge in [-0.15, -0.1) is 0 Å². The summed E-state index contributed by atoms with van der Waals surface area (Å²) in [4.78, 5) is 4.36. The van der Waals surface area contributed by atoms with Crippen LogP contribution in [-0.4, -0.2) is 4.98 Å². The fourth-order valence-electron chi connectivity index (χ4n) is 1.38. The highest BCUT2D eigenvalue weighted by molar-refractivity contribution is 14.1. The first-order valence-corrected chi connectivity index (χ1v) is 8.09. The van der Waals surface area contributed by atoms with Crippen molar-refractivity contribution in [3.8, 4) is 0 Å². The van der Waals surface area contributed by atoms with Gasteiger partial charge in [0.1, 0.15) is 0 Å². The minimum Gasteiger partial charge on any atom is -0.378 e. The molecule has 0 atom stereocenters. The Hall–Kier alpha value is 0.150. The molecule has 1 N–H and O–H groups in total. The highest BCUT2D eigenvalue weighted by atomic mass is 127. The summed E-state index contributed by atoms with van der Waals surface area (Å²) in [5.74, 6) is 0. The molecule has 0 unspecified atom stereocenters. The van der Waals surface area contributed by atoms with Crippen molar-refractivity contribution in [3.63, 3.8) is 0 Å². The summed E-state index contributed by atoms with van der Waals surface area (Å²) in [6.07, 6.45) is 1.79. The lowest BCUT2D eigenvalue weighted by Gasteiger charge is -2.09. The molecular weight excluding hydrogens is 494 g/mol. The molecule has 2 nitrogen and oxygen atoms in total. The summed E-state index contributed by atoms with van der Waals surface area (Å²) in [5.41, 5.74) is 2.01. The molecule has 94 valence electrons. The van der Waals surface area contributed by atoms with Crippen molar-refractivity contribution >= 4 is 71.7 Å². The van der Waals surface area contributed by atoms with Gasteiger partial charge >= 0.3 is 0 Å². The smallest absolute Gasteiger partial charge is 0.0737 e. The van der Waals surface area contributed by atoms with Crippen LogP contribution in [0.1, 0.15) is 5.69 Å². The van der Waals surface area contributed by atoms with Gasteiger partial charge in [-0.3, -0.25) is 4.98 Å². The van der Waals surface area contributed by atoms with Crippen LogP contribution in [0.5, 0.6) is 0 Å².